The number of benzene rings is 2. The summed E-state index contributed by atoms with van der Waals surface area (Å²) in [7, 11) is -3.91. The van der Waals surface area contributed by atoms with Gasteiger partial charge in [-0.05, 0) is 55.3 Å². The van der Waals surface area contributed by atoms with Crippen molar-refractivity contribution in [2.75, 3.05) is 31.2 Å². The molecule has 0 unspecified atom stereocenters. The number of sulfone groups is 1. The van der Waals surface area contributed by atoms with E-state index >= 15 is 0 Å². The number of morpholine rings is 1. The quantitative estimate of drug-likeness (QED) is 0.466. The lowest BCUT2D eigenvalue weighted by Gasteiger charge is -2.28. The van der Waals surface area contributed by atoms with Gasteiger partial charge in [-0.25, -0.2) is 13.4 Å². The fourth-order valence-electron chi connectivity index (χ4n) is 3.74. The van der Waals surface area contributed by atoms with Gasteiger partial charge in [0.15, 0.2) is 5.65 Å². The topological polar surface area (TPSA) is 89.7 Å². The third kappa shape index (κ3) is 3.33. The van der Waals surface area contributed by atoms with Gasteiger partial charge >= 0.3 is 0 Å². The predicted octanol–water partition coefficient (Wildman–Crippen LogP) is 3.22. The molecule has 5 rings (SSSR count). The SMILES string of the molecule is Cc1ccc(S(=O)(=O)c2nnn3c2nc(N2CCOCC2)c2cc(Cl)ccc23)cc1C. The normalized spacial score (nSPS) is 15.1. The van der Waals surface area contributed by atoms with E-state index in [0.29, 0.717) is 42.7 Å². The van der Waals surface area contributed by atoms with Crippen LogP contribution < -0.4 is 4.90 Å². The minimum Gasteiger partial charge on any atom is -0.378 e. The molecule has 0 aliphatic carbocycles. The molecule has 31 heavy (non-hydrogen) atoms. The minimum absolute atomic E-state index is 0.165. The number of rotatable bonds is 3. The van der Waals surface area contributed by atoms with E-state index in [-0.39, 0.29) is 15.6 Å². The number of aryl methyl sites for hydroxylation is 2. The summed E-state index contributed by atoms with van der Waals surface area (Å²) in [6.45, 7) is 6.24. The largest absolute Gasteiger partial charge is 0.378 e. The monoisotopic (exact) mass is 457 g/mol. The Balaban J connectivity index is 1.77. The second kappa shape index (κ2) is 7.44. The lowest BCUT2D eigenvalue weighted by molar-refractivity contribution is 0.122. The molecule has 10 heteroatoms. The first-order chi connectivity index (χ1) is 14.9. The number of ether oxygens (including phenoxy) is 1. The molecule has 0 atom stereocenters. The van der Waals surface area contributed by atoms with Gasteiger partial charge in [0, 0.05) is 23.5 Å². The first kappa shape index (κ1) is 20.2. The molecule has 1 fully saturated rings. The zero-order valence-corrected chi connectivity index (χ0v) is 18.6. The van der Waals surface area contributed by atoms with Crippen molar-refractivity contribution in [2.24, 2.45) is 0 Å². The molecule has 4 aromatic rings. The summed E-state index contributed by atoms with van der Waals surface area (Å²) < 4.78 is 33.8. The van der Waals surface area contributed by atoms with Crippen LogP contribution in [0.25, 0.3) is 16.6 Å². The van der Waals surface area contributed by atoms with E-state index in [1.807, 2.05) is 19.9 Å². The summed E-state index contributed by atoms with van der Waals surface area (Å²) in [5.41, 5.74) is 2.78. The van der Waals surface area contributed by atoms with E-state index < -0.39 is 9.84 Å². The summed E-state index contributed by atoms with van der Waals surface area (Å²) in [5.74, 6) is 0.645. The number of anilines is 1. The maximum Gasteiger partial charge on any atom is 0.229 e. The zero-order chi connectivity index (χ0) is 21.8. The molecule has 0 amide bonds. The predicted molar refractivity (Wildman–Crippen MR) is 118 cm³/mol. The Morgan fingerprint density at radius 3 is 2.55 bits per heavy atom. The second-order valence-corrected chi connectivity index (χ2v) is 9.88. The van der Waals surface area contributed by atoms with Gasteiger partial charge in [-0.3, -0.25) is 0 Å². The van der Waals surface area contributed by atoms with E-state index in [1.165, 1.54) is 4.52 Å². The highest BCUT2D eigenvalue weighted by atomic mass is 35.5. The first-order valence-electron chi connectivity index (χ1n) is 9.86. The molecule has 0 spiro atoms. The summed E-state index contributed by atoms with van der Waals surface area (Å²) in [6, 6.07) is 10.4. The second-order valence-electron chi connectivity index (χ2n) is 7.58. The van der Waals surface area contributed by atoms with Crippen LogP contribution in [0.15, 0.2) is 46.3 Å². The Labute approximate surface area is 184 Å². The summed E-state index contributed by atoms with van der Waals surface area (Å²) in [6.07, 6.45) is 0. The number of fused-ring (bicyclic) bond motifs is 3. The number of hydrogen-bond donors (Lipinski definition) is 0. The third-order valence-electron chi connectivity index (χ3n) is 5.61. The molecule has 1 aliphatic heterocycles. The molecule has 2 aromatic carbocycles. The molecule has 0 bridgehead atoms. The molecule has 0 radical (unpaired) electrons. The van der Waals surface area contributed by atoms with Crippen molar-refractivity contribution < 1.29 is 13.2 Å². The smallest absolute Gasteiger partial charge is 0.229 e. The van der Waals surface area contributed by atoms with Gasteiger partial charge in [-0.1, -0.05) is 22.9 Å². The van der Waals surface area contributed by atoms with Gasteiger partial charge in [-0.15, -0.1) is 5.10 Å². The van der Waals surface area contributed by atoms with Crippen molar-refractivity contribution in [1.82, 2.24) is 19.8 Å². The van der Waals surface area contributed by atoms with Gasteiger partial charge in [0.05, 0.1) is 23.6 Å². The van der Waals surface area contributed by atoms with Crippen LogP contribution >= 0.6 is 11.6 Å². The van der Waals surface area contributed by atoms with Crippen molar-refractivity contribution in [3.05, 3.63) is 52.5 Å². The molecule has 0 N–H and O–H groups in total. The lowest BCUT2D eigenvalue weighted by atomic mass is 10.1. The van der Waals surface area contributed by atoms with Gasteiger partial charge < -0.3 is 9.64 Å². The van der Waals surface area contributed by atoms with Crippen molar-refractivity contribution in [2.45, 2.75) is 23.8 Å². The highest BCUT2D eigenvalue weighted by Gasteiger charge is 2.28. The molecular weight excluding hydrogens is 438 g/mol. The van der Waals surface area contributed by atoms with Crippen LogP contribution in [-0.4, -0.2) is 54.5 Å². The summed E-state index contributed by atoms with van der Waals surface area (Å²) in [5, 5.41) is 9.35. The van der Waals surface area contributed by atoms with E-state index in [0.717, 1.165) is 16.5 Å². The van der Waals surface area contributed by atoms with Crippen LogP contribution in [0, 0.1) is 13.8 Å². The van der Waals surface area contributed by atoms with E-state index in [9.17, 15) is 8.42 Å². The van der Waals surface area contributed by atoms with Crippen LogP contribution in [0.4, 0.5) is 5.82 Å². The van der Waals surface area contributed by atoms with Gasteiger partial charge in [-0.2, -0.15) is 4.52 Å². The van der Waals surface area contributed by atoms with Crippen LogP contribution in [0.1, 0.15) is 11.1 Å². The number of halogens is 1. The highest BCUT2D eigenvalue weighted by molar-refractivity contribution is 7.91. The molecule has 160 valence electrons. The standard InChI is InChI=1S/C21H20ClN5O3S/c1-13-3-5-16(11-14(13)2)31(28,29)21-20-23-19(26-7-9-30-10-8-26)17-12-15(22)4-6-18(17)27(20)25-24-21/h3-6,11-12H,7-10H2,1-2H3. The zero-order valence-electron chi connectivity index (χ0n) is 17.0. The average molecular weight is 458 g/mol. The van der Waals surface area contributed by atoms with Gasteiger partial charge in [0.2, 0.25) is 14.9 Å². The molecule has 0 saturated carbocycles. The molecule has 1 aliphatic rings. The fraction of sp³-hybridized carbons (Fsp3) is 0.286. The third-order valence-corrected chi connectivity index (χ3v) is 7.49. The maximum atomic E-state index is 13.4. The van der Waals surface area contributed by atoms with Gasteiger partial charge in [0.25, 0.3) is 0 Å². The van der Waals surface area contributed by atoms with Crippen molar-refractivity contribution in [3.63, 3.8) is 0 Å². The molecular formula is C21H20ClN5O3S. The van der Waals surface area contributed by atoms with Crippen LogP contribution in [-0.2, 0) is 14.6 Å². The fourth-order valence-corrected chi connectivity index (χ4v) is 5.23. The summed E-state index contributed by atoms with van der Waals surface area (Å²) in [4.78, 5) is 6.97. The van der Waals surface area contributed by atoms with Crippen molar-refractivity contribution >= 4 is 43.8 Å². The molecule has 3 heterocycles. The Hall–Kier alpha value is -2.75. The van der Waals surface area contributed by atoms with E-state index in [4.69, 9.17) is 21.3 Å². The maximum absolute atomic E-state index is 13.4. The Morgan fingerprint density at radius 1 is 1.03 bits per heavy atom. The van der Waals surface area contributed by atoms with Crippen molar-refractivity contribution in [1.29, 1.82) is 0 Å². The molecule has 1 saturated heterocycles. The van der Waals surface area contributed by atoms with Crippen LogP contribution in [0.3, 0.4) is 0 Å². The van der Waals surface area contributed by atoms with E-state index in [1.54, 1.807) is 30.3 Å². The summed E-state index contributed by atoms with van der Waals surface area (Å²) >= 11 is 6.25. The Morgan fingerprint density at radius 2 is 1.81 bits per heavy atom. The number of aromatic nitrogens is 4. The van der Waals surface area contributed by atoms with Crippen LogP contribution in [0.2, 0.25) is 5.02 Å². The number of hydrogen-bond acceptors (Lipinski definition) is 7. The molecule has 2 aromatic heterocycles. The van der Waals surface area contributed by atoms with Gasteiger partial charge in [0.1, 0.15) is 5.82 Å². The minimum atomic E-state index is -3.91. The Kier molecular flexibility index (Phi) is 4.84. The van der Waals surface area contributed by atoms with E-state index in [2.05, 4.69) is 15.2 Å². The molecule has 8 nitrogen and oxygen atoms in total. The number of nitrogens with zero attached hydrogens (tertiary/aromatic N) is 5. The Bertz CT molecular complexity index is 1430. The van der Waals surface area contributed by atoms with Crippen LogP contribution in [0.5, 0.6) is 0 Å². The average Bonchev–Trinajstić information content (AvgIpc) is 3.20. The van der Waals surface area contributed by atoms with Crippen molar-refractivity contribution in [3.8, 4) is 0 Å². The first-order valence-corrected chi connectivity index (χ1v) is 11.7. The highest BCUT2D eigenvalue weighted by Crippen LogP contribution is 2.32. The lowest BCUT2D eigenvalue weighted by Crippen LogP contribution is -2.37.